The van der Waals surface area contributed by atoms with Crippen molar-refractivity contribution in [2.24, 2.45) is 0 Å². The molecule has 0 aliphatic heterocycles. The summed E-state index contributed by atoms with van der Waals surface area (Å²) in [5.41, 5.74) is 1.22. The summed E-state index contributed by atoms with van der Waals surface area (Å²) in [4.78, 5) is 12.1. The second-order valence-corrected chi connectivity index (χ2v) is 5.35. The highest BCUT2D eigenvalue weighted by molar-refractivity contribution is 5.92. The van der Waals surface area contributed by atoms with E-state index in [-0.39, 0.29) is 18.5 Å². The van der Waals surface area contributed by atoms with Crippen molar-refractivity contribution in [1.29, 1.82) is 0 Å². The van der Waals surface area contributed by atoms with Crippen LogP contribution in [0.15, 0.2) is 48.9 Å². The molecule has 3 rings (SSSR count). The Hall–Kier alpha value is -3.16. The number of hydrogen-bond donors (Lipinski definition) is 1. The van der Waals surface area contributed by atoms with Gasteiger partial charge in [0.15, 0.2) is 6.73 Å². The van der Waals surface area contributed by atoms with E-state index in [0.717, 1.165) is 12.1 Å². The van der Waals surface area contributed by atoms with Crippen LogP contribution in [-0.2, 0) is 19.8 Å². The fourth-order valence-corrected chi connectivity index (χ4v) is 2.17. The van der Waals surface area contributed by atoms with E-state index in [2.05, 4.69) is 15.5 Å². The lowest BCUT2D eigenvalue weighted by atomic mass is 10.3. The van der Waals surface area contributed by atoms with Crippen LogP contribution in [-0.4, -0.2) is 25.5 Å². The van der Waals surface area contributed by atoms with Gasteiger partial charge in [-0.25, -0.2) is 9.07 Å². The van der Waals surface area contributed by atoms with Gasteiger partial charge >= 0.3 is 0 Å². The van der Waals surface area contributed by atoms with E-state index in [1.807, 2.05) is 13.1 Å². The lowest BCUT2D eigenvalue weighted by molar-refractivity contribution is 0.0944. The SMILES string of the molecule is CCn1cc(CNC(=O)c2ccn(COc3ccc(F)cc3)n2)cn1. The van der Waals surface area contributed by atoms with Crippen molar-refractivity contribution in [3.05, 3.63) is 66.0 Å². The van der Waals surface area contributed by atoms with Gasteiger partial charge in [-0.15, -0.1) is 0 Å². The van der Waals surface area contributed by atoms with Crippen molar-refractivity contribution >= 4 is 5.91 Å². The average molecular weight is 343 g/mol. The first kappa shape index (κ1) is 16.7. The zero-order valence-corrected chi connectivity index (χ0v) is 13.7. The summed E-state index contributed by atoms with van der Waals surface area (Å²) in [6.45, 7) is 3.29. The number of carbonyl (C=O) groups excluding carboxylic acids is 1. The molecule has 0 aliphatic rings. The third-order valence-electron chi connectivity index (χ3n) is 3.51. The molecular formula is C17H18FN5O2. The van der Waals surface area contributed by atoms with E-state index in [1.54, 1.807) is 23.1 Å². The highest BCUT2D eigenvalue weighted by Crippen LogP contribution is 2.11. The summed E-state index contributed by atoms with van der Waals surface area (Å²) in [5.74, 6) is -0.0736. The molecule has 2 aromatic heterocycles. The van der Waals surface area contributed by atoms with Crippen molar-refractivity contribution in [2.45, 2.75) is 26.7 Å². The smallest absolute Gasteiger partial charge is 0.272 e. The number of benzene rings is 1. The fourth-order valence-electron chi connectivity index (χ4n) is 2.17. The Morgan fingerprint density at radius 3 is 2.76 bits per heavy atom. The van der Waals surface area contributed by atoms with Gasteiger partial charge in [0, 0.05) is 31.0 Å². The van der Waals surface area contributed by atoms with Gasteiger partial charge in [0.25, 0.3) is 5.91 Å². The Balaban J connectivity index is 1.51. The quantitative estimate of drug-likeness (QED) is 0.714. The molecule has 7 nitrogen and oxygen atoms in total. The number of ether oxygens (including phenoxy) is 1. The van der Waals surface area contributed by atoms with E-state index in [1.165, 1.54) is 28.9 Å². The standard InChI is InChI=1S/C17H18FN5O2/c1-2-22-11-13(10-20-22)9-19-17(24)16-7-8-23(21-16)12-25-15-5-3-14(18)4-6-15/h3-8,10-11H,2,9,12H2,1H3,(H,19,24). The van der Waals surface area contributed by atoms with Gasteiger partial charge in [-0.3, -0.25) is 9.48 Å². The van der Waals surface area contributed by atoms with Gasteiger partial charge in [-0.2, -0.15) is 10.2 Å². The molecule has 1 N–H and O–H groups in total. The van der Waals surface area contributed by atoms with Crippen molar-refractivity contribution in [3.63, 3.8) is 0 Å². The van der Waals surface area contributed by atoms with Crippen molar-refractivity contribution in [1.82, 2.24) is 24.9 Å². The second-order valence-electron chi connectivity index (χ2n) is 5.35. The molecule has 1 amide bonds. The van der Waals surface area contributed by atoms with Crippen LogP contribution in [0.1, 0.15) is 23.0 Å². The maximum Gasteiger partial charge on any atom is 0.272 e. The van der Waals surface area contributed by atoms with E-state index in [4.69, 9.17) is 4.74 Å². The van der Waals surface area contributed by atoms with E-state index in [0.29, 0.717) is 18.0 Å². The lowest BCUT2D eigenvalue weighted by Gasteiger charge is -2.05. The second kappa shape index (κ2) is 7.61. The first-order valence-electron chi connectivity index (χ1n) is 7.85. The lowest BCUT2D eigenvalue weighted by Crippen LogP contribution is -2.23. The summed E-state index contributed by atoms with van der Waals surface area (Å²) in [6, 6.07) is 7.31. The van der Waals surface area contributed by atoms with Crippen LogP contribution < -0.4 is 10.1 Å². The van der Waals surface area contributed by atoms with Crippen molar-refractivity contribution in [2.75, 3.05) is 0 Å². The molecule has 8 heteroatoms. The Kier molecular flexibility index (Phi) is 5.08. The molecule has 0 radical (unpaired) electrons. The third kappa shape index (κ3) is 4.43. The van der Waals surface area contributed by atoms with Crippen LogP contribution in [0.2, 0.25) is 0 Å². The van der Waals surface area contributed by atoms with E-state index < -0.39 is 0 Å². The van der Waals surface area contributed by atoms with Gasteiger partial charge in [-0.05, 0) is 37.3 Å². The Labute approximate surface area is 144 Å². The molecule has 1 aromatic carbocycles. The van der Waals surface area contributed by atoms with Crippen molar-refractivity contribution < 1.29 is 13.9 Å². The first-order valence-corrected chi connectivity index (χ1v) is 7.85. The molecule has 2 heterocycles. The minimum absolute atomic E-state index is 0.127. The topological polar surface area (TPSA) is 74.0 Å². The Morgan fingerprint density at radius 2 is 2.04 bits per heavy atom. The van der Waals surface area contributed by atoms with Gasteiger partial charge in [-0.1, -0.05) is 0 Å². The molecule has 0 saturated heterocycles. The number of halogens is 1. The predicted molar refractivity (Wildman–Crippen MR) is 88.3 cm³/mol. The summed E-state index contributed by atoms with van der Waals surface area (Å²) in [7, 11) is 0. The van der Waals surface area contributed by atoms with Crippen LogP contribution in [0, 0.1) is 5.82 Å². The minimum atomic E-state index is -0.324. The summed E-state index contributed by atoms with van der Waals surface area (Å²) in [6.07, 6.45) is 5.25. The molecule has 0 saturated carbocycles. The number of hydrogen-bond acceptors (Lipinski definition) is 4. The number of carbonyl (C=O) groups is 1. The zero-order chi connectivity index (χ0) is 17.6. The highest BCUT2D eigenvalue weighted by Gasteiger charge is 2.10. The molecular weight excluding hydrogens is 325 g/mol. The Bertz CT molecular complexity index is 841. The minimum Gasteiger partial charge on any atom is -0.471 e. The monoisotopic (exact) mass is 343 g/mol. The molecule has 0 spiro atoms. The molecule has 0 bridgehead atoms. The third-order valence-corrected chi connectivity index (χ3v) is 3.51. The molecule has 0 unspecified atom stereocenters. The summed E-state index contributed by atoms with van der Waals surface area (Å²) >= 11 is 0. The maximum atomic E-state index is 12.8. The molecule has 0 atom stereocenters. The maximum absolute atomic E-state index is 12.8. The van der Waals surface area contributed by atoms with E-state index in [9.17, 15) is 9.18 Å². The van der Waals surface area contributed by atoms with Gasteiger partial charge < -0.3 is 10.1 Å². The predicted octanol–water partition coefficient (Wildman–Crippen LogP) is 2.21. The van der Waals surface area contributed by atoms with Crippen LogP contribution in [0.25, 0.3) is 0 Å². The molecule has 3 aromatic rings. The number of amides is 1. The molecule has 0 aliphatic carbocycles. The van der Waals surface area contributed by atoms with Crippen LogP contribution >= 0.6 is 0 Å². The first-order chi connectivity index (χ1) is 12.1. The average Bonchev–Trinajstić information content (AvgIpc) is 3.28. The molecule has 130 valence electrons. The summed E-state index contributed by atoms with van der Waals surface area (Å²) < 4.78 is 21.6. The molecule has 25 heavy (non-hydrogen) atoms. The Morgan fingerprint density at radius 1 is 1.24 bits per heavy atom. The van der Waals surface area contributed by atoms with Gasteiger partial charge in [0.05, 0.1) is 6.20 Å². The highest BCUT2D eigenvalue weighted by atomic mass is 19.1. The van der Waals surface area contributed by atoms with Crippen molar-refractivity contribution in [3.8, 4) is 5.75 Å². The zero-order valence-electron chi connectivity index (χ0n) is 13.7. The normalized spacial score (nSPS) is 10.6. The fraction of sp³-hybridized carbons (Fsp3) is 0.235. The number of nitrogens with one attached hydrogen (secondary N) is 1. The van der Waals surface area contributed by atoms with Gasteiger partial charge in [0.2, 0.25) is 0 Å². The summed E-state index contributed by atoms with van der Waals surface area (Å²) in [5, 5.41) is 11.1. The number of nitrogens with zero attached hydrogens (tertiary/aromatic N) is 4. The number of rotatable bonds is 7. The van der Waals surface area contributed by atoms with Crippen LogP contribution in [0.3, 0.4) is 0 Å². The number of aryl methyl sites for hydroxylation is 1. The van der Waals surface area contributed by atoms with Gasteiger partial charge in [0.1, 0.15) is 17.3 Å². The largest absolute Gasteiger partial charge is 0.471 e. The van der Waals surface area contributed by atoms with Crippen LogP contribution in [0.5, 0.6) is 5.75 Å². The molecule has 0 fully saturated rings. The van der Waals surface area contributed by atoms with Crippen LogP contribution in [0.4, 0.5) is 4.39 Å². The van der Waals surface area contributed by atoms with E-state index >= 15 is 0 Å². The number of aromatic nitrogens is 4.